The zero-order chi connectivity index (χ0) is 20.0. The third-order valence-electron chi connectivity index (χ3n) is 5.91. The van der Waals surface area contributed by atoms with Crippen LogP contribution in [-0.4, -0.2) is 49.8 Å². The molecule has 4 aromatic rings. The van der Waals surface area contributed by atoms with Crippen LogP contribution in [0.5, 0.6) is 0 Å². The van der Waals surface area contributed by atoms with Crippen molar-refractivity contribution in [1.29, 1.82) is 0 Å². The van der Waals surface area contributed by atoms with Crippen molar-refractivity contribution in [1.82, 2.24) is 24.4 Å². The first kappa shape index (κ1) is 18.3. The first-order chi connectivity index (χ1) is 14.1. The van der Waals surface area contributed by atoms with E-state index in [2.05, 4.69) is 31.3 Å². The molecule has 0 spiro atoms. The molecule has 7 heteroatoms. The van der Waals surface area contributed by atoms with Crippen LogP contribution in [0.15, 0.2) is 42.9 Å². The Kier molecular flexibility index (Phi) is 4.60. The highest BCUT2D eigenvalue weighted by Crippen LogP contribution is 2.30. The Balaban J connectivity index is 1.29. The number of nitrogens with zero attached hydrogens (tertiary/aromatic N) is 4. The number of hydrogen-bond acceptors (Lipinski definition) is 4. The third kappa shape index (κ3) is 3.22. The fourth-order valence-corrected chi connectivity index (χ4v) is 4.79. The van der Waals surface area contributed by atoms with Gasteiger partial charge in [-0.1, -0.05) is 17.7 Å². The number of carbonyl (C=O) groups excluding carboxylic acids is 1. The average Bonchev–Trinajstić information content (AvgIpc) is 3.30. The van der Waals surface area contributed by atoms with Gasteiger partial charge in [-0.3, -0.25) is 14.7 Å². The van der Waals surface area contributed by atoms with Gasteiger partial charge in [0.15, 0.2) is 5.78 Å². The molecule has 4 heterocycles. The standard InChI is InChI=1S/C22H22ClN5O/c1-14-26-19-12-24-8-5-20(19)28(14)15-6-9-27(10-7-15)13-21(29)16-11-25-18-4-2-3-17(23)22(16)18/h2-5,8,11-12,15,25H,6-7,9-10,13H2,1H3. The Bertz CT molecular complexity index is 1200. The van der Waals surface area contributed by atoms with Crippen molar-refractivity contribution in [3.63, 3.8) is 0 Å². The van der Waals surface area contributed by atoms with Gasteiger partial charge in [0, 0.05) is 48.0 Å². The van der Waals surface area contributed by atoms with Crippen molar-refractivity contribution in [3.8, 4) is 0 Å². The van der Waals surface area contributed by atoms with E-state index >= 15 is 0 Å². The maximum atomic E-state index is 12.9. The molecule has 29 heavy (non-hydrogen) atoms. The lowest BCUT2D eigenvalue weighted by molar-refractivity contribution is 0.0900. The summed E-state index contributed by atoms with van der Waals surface area (Å²) in [5.41, 5.74) is 3.66. The molecule has 1 aromatic carbocycles. The van der Waals surface area contributed by atoms with Gasteiger partial charge in [-0.25, -0.2) is 4.98 Å². The van der Waals surface area contributed by atoms with E-state index in [-0.39, 0.29) is 5.78 Å². The molecule has 0 atom stereocenters. The van der Waals surface area contributed by atoms with Crippen LogP contribution in [-0.2, 0) is 0 Å². The van der Waals surface area contributed by atoms with E-state index in [9.17, 15) is 4.79 Å². The molecular weight excluding hydrogens is 386 g/mol. The lowest BCUT2D eigenvalue weighted by Crippen LogP contribution is -2.38. The minimum atomic E-state index is 0.109. The van der Waals surface area contributed by atoms with Crippen molar-refractivity contribution in [3.05, 3.63) is 59.3 Å². The number of imidazole rings is 1. The van der Waals surface area contributed by atoms with Crippen LogP contribution in [0.2, 0.25) is 5.02 Å². The van der Waals surface area contributed by atoms with Gasteiger partial charge in [0.05, 0.1) is 23.3 Å². The third-order valence-corrected chi connectivity index (χ3v) is 6.23. The number of H-pyrrole nitrogens is 1. The molecule has 6 nitrogen and oxygen atoms in total. The van der Waals surface area contributed by atoms with E-state index in [4.69, 9.17) is 11.6 Å². The predicted octanol–water partition coefficient (Wildman–Crippen LogP) is 4.39. The molecule has 1 saturated heterocycles. The zero-order valence-electron chi connectivity index (χ0n) is 16.2. The number of ketones is 1. The molecule has 0 unspecified atom stereocenters. The molecule has 0 aliphatic carbocycles. The van der Waals surface area contributed by atoms with Crippen molar-refractivity contribution in [2.45, 2.75) is 25.8 Å². The molecule has 1 fully saturated rings. The van der Waals surface area contributed by atoms with Crippen molar-refractivity contribution in [2.75, 3.05) is 19.6 Å². The summed E-state index contributed by atoms with van der Waals surface area (Å²) < 4.78 is 2.33. The Morgan fingerprint density at radius 2 is 2.10 bits per heavy atom. The van der Waals surface area contributed by atoms with Gasteiger partial charge in [0.2, 0.25) is 0 Å². The summed E-state index contributed by atoms with van der Waals surface area (Å²) in [5, 5.41) is 1.44. The van der Waals surface area contributed by atoms with Crippen LogP contribution in [0.4, 0.5) is 0 Å². The number of Topliss-reactive ketones (excluding diaryl/α,β-unsaturated/α-hetero) is 1. The lowest BCUT2D eigenvalue weighted by Gasteiger charge is -2.33. The summed E-state index contributed by atoms with van der Waals surface area (Å²) in [6.07, 6.45) is 7.41. The molecule has 1 N–H and O–H groups in total. The van der Waals surface area contributed by atoms with Crippen LogP contribution >= 0.6 is 11.6 Å². The number of fused-ring (bicyclic) bond motifs is 2. The molecule has 1 aliphatic rings. The molecule has 5 rings (SSSR count). The molecule has 0 saturated carbocycles. The number of aromatic amines is 1. The van der Waals surface area contributed by atoms with Crippen molar-refractivity contribution < 1.29 is 4.79 Å². The smallest absolute Gasteiger partial charge is 0.179 e. The van der Waals surface area contributed by atoms with Crippen LogP contribution in [0.1, 0.15) is 35.1 Å². The topological polar surface area (TPSA) is 66.8 Å². The second-order valence-electron chi connectivity index (χ2n) is 7.69. The molecule has 0 bridgehead atoms. The number of hydrogen-bond donors (Lipinski definition) is 1. The second-order valence-corrected chi connectivity index (χ2v) is 8.10. The maximum Gasteiger partial charge on any atom is 0.179 e. The first-order valence-electron chi connectivity index (χ1n) is 9.91. The van der Waals surface area contributed by atoms with Gasteiger partial charge in [0.1, 0.15) is 11.3 Å². The Morgan fingerprint density at radius 3 is 2.93 bits per heavy atom. The van der Waals surface area contributed by atoms with E-state index in [0.717, 1.165) is 53.7 Å². The molecule has 148 valence electrons. The van der Waals surface area contributed by atoms with E-state index in [1.165, 1.54) is 0 Å². The minimum Gasteiger partial charge on any atom is -0.360 e. The SMILES string of the molecule is Cc1nc2cnccc2n1C1CCN(CC(=O)c2c[nH]c3cccc(Cl)c23)CC1. The van der Waals surface area contributed by atoms with Crippen LogP contribution in [0.25, 0.3) is 21.9 Å². The minimum absolute atomic E-state index is 0.109. The van der Waals surface area contributed by atoms with Gasteiger partial charge < -0.3 is 9.55 Å². The van der Waals surface area contributed by atoms with Gasteiger partial charge >= 0.3 is 0 Å². The number of nitrogens with one attached hydrogen (secondary N) is 1. The highest BCUT2D eigenvalue weighted by Gasteiger charge is 2.25. The zero-order valence-corrected chi connectivity index (χ0v) is 17.0. The maximum absolute atomic E-state index is 12.9. The van der Waals surface area contributed by atoms with E-state index in [1.807, 2.05) is 36.7 Å². The molecule has 0 amide bonds. The van der Waals surface area contributed by atoms with E-state index < -0.39 is 0 Å². The number of halogens is 1. The fraction of sp³-hybridized carbons (Fsp3) is 0.318. The van der Waals surface area contributed by atoms with Gasteiger partial charge in [-0.05, 0) is 38.0 Å². The highest BCUT2D eigenvalue weighted by molar-refractivity contribution is 6.37. The summed E-state index contributed by atoms with van der Waals surface area (Å²) in [4.78, 5) is 27.2. The van der Waals surface area contributed by atoms with Crippen LogP contribution in [0.3, 0.4) is 0 Å². The summed E-state index contributed by atoms with van der Waals surface area (Å²) >= 11 is 6.33. The summed E-state index contributed by atoms with van der Waals surface area (Å²) in [5.74, 6) is 1.13. The number of piperidine rings is 1. The molecule has 0 radical (unpaired) electrons. The largest absolute Gasteiger partial charge is 0.360 e. The van der Waals surface area contributed by atoms with Crippen LogP contribution < -0.4 is 0 Å². The van der Waals surface area contributed by atoms with Crippen molar-refractivity contribution >= 4 is 39.3 Å². The average molecular weight is 408 g/mol. The number of aromatic nitrogens is 4. The molecular formula is C22H22ClN5O. The quantitative estimate of drug-likeness (QED) is 0.509. The second kappa shape index (κ2) is 7.28. The monoisotopic (exact) mass is 407 g/mol. The summed E-state index contributed by atoms with van der Waals surface area (Å²) in [6, 6.07) is 8.09. The number of pyridine rings is 1. The van der Waals surface area contributed by atoms with Crippen LogP contribution in [0, 0.1) is 6.92 Å². The number of carbonyl (C=O) groups is 1. The number of aryl methyl sites for hydroxylation is 1. The highest BCUT2D eigenvalue weighted by atomic mass is 35.5. The summed E-state index contributed by atoms with van der Waals surface area (Å²) in [7, 11) is 0. The van der Waals surface area contributed by atoms with Gasteiger partial charge in [-0.2, -0.15) is 0 Å². The van der Waals surface area contributed by atoms with Gasteiger partial charge in [-0.15, -0.1) is 0 Å². The normalized spacial score (nSPS) is 16.1. The summed E-state index contributed by atoms with van der Waals surface area (Å²) in [6.45, 7) is 4.24. The Labute approximate surface area is 173 Å². The fourth-order valence-electron chi connectivity index (χ4n) is 4.52. The van der Waals surface area contributed by atoms with Crippen molar-refractivity contribution in [2.24, 2.45) is 0 Å². The first-order valence-corrected chi connectivity index (χ1v) is 10.3. The number of likely N-dealkylation sites (tertiary alicyclic amines) is 1. The lowest BCUT2D eigenvalue weighted by atomic mass is 10.0. The Hall–Kier alpha value is -2.70. The Morgan fingerprint density at radius 1 is 1.28 bits per heavy atom. The van der Waals surface area contributed by atoms with E-state index in [1.54, 1.807) is 6.20 Å². The molecule has 1 aliphatic heterocycles. The number of rotatable bonds is 4. The van der Waals surface area contributed by atoms with Gasteiger partial charge in [0.25, 0.3) is 0 Å². The van der Waals surface area contributed by atoms with E-state index in [0.29, 0.717) is 23.2 Å². The number of benzene rings is 1. The molecule has 3 aromatic heterocycles. The predicted molar refractivity (Wildman–Crippen MR) is 115 cm³/mol.